The normalized spacial score (nSPS) is 12.0. The van der Waals surface area contributed by atoms with Crippen LogP contribution in [-0.4, -0.2) is 19.6 Å². The number of halogens is 4. The van der Waals surface area contributed by atoms with Crippen molar-refractivity contribution in [2.45, 2.75) is 6.18 Å². The van der Waals surface area contributed by atoms with Crippen LogP contribution < -0.4 is 0 Å². The fourth-order valence-corrected chi connectivity index (χ4v) is 0.154. The molecule has 0 fully saturated rings. The molecule has 0 rings (SSSR count). The zero-order chi connectivity index (χ0) is 6.62. The minimum absolute atomic E-state index is 1.39. The molecule has 8 heavy (non-hydrogen) atoms. The van der Waals surface area contributed by atoms with Crippen molar-refractivity contribution in [2.24, 2.45) is 0 Å². The highest BCUT2D eigenvalue weighted by atomic mass is 19.4. The molecule has 0 spiro atoms. The first-order valence-corrected chi connectivity index (χ1v) is 1.77. The van der Waals surface area contributed by atoms with Crippen molar-refractivity contribution in [2.75, 3.05) is 13.5 Å². The van der Waals surface area contributed by atoms with Gasteiger partial charge in [-0.2, -0.15) is 13.2 Å². The second-order valence-corrected chi connectivity index (χ2v) is 1.07. The highest BCUT2D eigenvalue weighted by molar-refractivity contribution is 4.42. The lowest BCUT2D eigenvalue weighted by Crippen LogP contribution is -2.16. The summed E-state index contributed by atoms with van der Waals surface area (Å²) in [5.74, 6) is 0. The molecule has 0 saturated heterocycles. The van der Waals surface area contributed by atoms with E-state index in [1.807, 2.05) is 0 Å². The third kappa shape index (κ3) is 5.68. The van der Waals surface area contributed by atoms with Crippen LogP contribution >= 0.6 is 0 Å². The summed E-state index contributed by atoms with van der Waals surface area (Å²) in [7, 11) is 0. The van der Waals surface area contributed by atoms with Crippen molar-refractivity contribution in [3.63, 3.8) is 0 Å². The van der Waals surface area contributed by atoms with Crippen LogP contribution in [0.5, 0.6) is 0 Å². The molecule has 5 heteroatoms. The Morgan fingerprint density at radius 2 is 1.75 bits per heavy atom. The molecule has 0 unspecified atom stereocenters. The van der Waals surface area contributed by atoms with Crippen LogP contribution in [0.15, 0.2) is 0 Å². The Hall–Kier alpha value is -0.320. The minimum Gasteiger partial charge on any atom is -0.341 e. The predicted molar refractivity (Wildman–Crippen MR) is 18.0 cm³/mol. The van der Waals surface area contributed by atoms with E-state index in [2.05, 4.69) is 4.74 Å². The van der Waals surface area contributed by atoms with Crippen molar-refractivity contribution in [3.05, 3.63) is 0 Å². The van der Waals surface area contributed by atoms with Crippen molar-refractivity contribution in [1.82, 2.24) is 0 Å². The maximum Gasteiger partial charge on any atom is 0.411 e. The van der Waals surface area contributed by atoms with Crippen molar-refractivity contribution in [1.29, 1.82) is 0 Å². The van der Waals surface area contributed by atoms with Gasteiger partial charge in [-0.25, -0.2) is 4.39 Å². The third-order valence-electron chi connectivity index (χ3n) is 0.343. The molecule has 0 N–H and O–H groups in total. The van der Waals surface area contributed by atoms with E-state index in [-0.39, 0.29) is 0 Å². The zero-order valence-corrected chi connectivity index (χ0v) is 3.83. The van der Waals surface area contributed by atoms with Gasteiger partial charge in [0.2, 0.25) is 0 Å². The van der Waals surface area contributed by atoms with Gasteiger partial charge in [0.1, 0.15) is 6.61 Å². The van der Waals surface area contributed by atoms with Gasteiger partial charge >= 0.3 is 6.18 Å². The Balaban J connectivity index is 3.11. The number of alkyl halides is 4. The van der Waals surface area contributed by atoms with E-state index in [0.717, 1.165) is 0 Å². The molecule has 0 bridgehead atoms. The van der Waals surface area contributed by atoms with Crippen LogP contribution in [0.2, 0.25) is 0 Å². The zero-order valence-electron chi connectivity index (χ0n) is 3.83. The van der Waals surface area contributed by atoms with Crippen LogP contribution in [0, 0.1) is 0 Å². The first-order chi connectivity index (χ1) is 3.56. The topological polar surface area (TPSA) is 9.23 Å². The van der Waals surface area contributed by atoms with Gasteiger partial charge in [-0.15, -0.1) is 0 Å². The summed E-state index contributed by atoms with van der Waals surface area (Å²) in [6.45, 7) is -2.90. The lowest BCUT2D eigenvalue weighted by Gasteiger charge is -2.02. The van der Waals surface area contributed by atoms with E-state index >= 15 is 0 Å². The molecule has 0 atom stereocenters. The highest BCUT2D eigenvalue weighted by Gasteiger charge is 2.27. The summed E-state index contributed by atoms with van der Waals surface area (Å²) >= 11 is 0. The SMILES string of the molecule is FCOCC(F)(F)F. The first kappa shape index (κ1) is 7.68. The van der Waals surface area contributed by atoms with Gasteiger partial charge in [0.05, 0.1) is 0 Å². The quantitative estimate of drug-likeness (QED) is 0.517. The number of ether oxygens (including phenoxy) is 1. The number of rotatable bonds is 2. The summed E-state index contributed by atoms with van der Waals surface area (Å²) in [5.41, 5.74) is 0. The molecule has 0 aliphatic heterocycles. The molecule has 0 aliphatic carbocycles. The molecule has 50 valence electrons. The van der Waals surface area contributed by atoms with Gasteiger partial charge in [0.25, 0.3) is 0 Å². The van der Waals surface area contributed by atoms with E-state index in [4.69, 9.17) is 0 Å². The Labute approximate surface area is 43.2 Å². The van der Waals surface area contributed by atoms with Gasteiger partial charge in [-0.05, 0) is 0 Å². The largest absolute Gasteiger partial charge is 0.411 e. The van der Waals surface area contributed by atoms with Crippen LogP contribution in [0.3, 0.4) is 0 Å². The Morgan fingerprint density at radius 1 is 1.25 bits per heavy atom. The monoisotopic (exact) mass is 132 g/mol. The number of hydrogen-bond acceptors (Lipinski definition) is 1. The lowest BCUT2D eigenvalue weighted by atomic mass is 10.7. The van der Waals surface area contributed by atoms with E-state index in [9.17, 15) is 17.6 Å². The molecular formula is C3H4F4O. The maximum absolute atomic E-state index is 11.0. The van der Waals surface area contributed by atoms with E-state index < -0.39 is 19.6 Å². The fourth-order valence-electron chi connectivity index (χ4n) is 0.154. The van der Waals surface area contributed by atoms with Gasteiger partial charge in [0.15, 0.2) is 6.86 Å². The lowest BCUT2D eigenvalue weighted by molar-refractivity contribution is -0.182. The summed E-state index contributed by atoms with van der Waals surface area (Å²) in [6.07, 6.45) is -4.41. The molecule has 0 heterocycles. The number of hydrogen-bond donors (Lipinski definition) is 0. The van der Waals surface area contributed by atoms with E-state index in [1.54, 1.807) is 0 Å². The fraction of sp³-hybridized carbons (Fsp3) is 1.00. The van der Waals surface area contributed by atoms with E-state index in [1.165, 1.54) is 0 Å². The molecule has 0 aromatic heterocycles. The predicted octanol–water partition coefficient (Wildman–Crippen LogP) is 1.49. The highest BCUT2D eigenvalue weighted by Crippen LogP contribution is 2.13. The van der Waals surface area contributed by atoms with Gasteiger partial charge in [0, 0.05) is 0 Å². The molecule has 0 saturated carbocycles. The van der Waals surface area contributed by atoms with Crippen molar-refractivity contribution >= 4 is 0 Å². The molecule has 0 aromatic carbocycles. The Kier molecular flexibility index (Phi) is 2.75. The second kappa shape index (κ2) is 2.86. The maximum atomic E-state index is 11.0. The summed E-state index contributed by atoms with van der Waals surface area (Å²) in [5, 5.41) is 0. The van der Waals surface area contributed by atoms with Crippen LogP contribution in [0.25, 0.3) is 0 Å². The Morgan fingerprint density at radius 3 is 1.88 bits per heavy atom. The standard InChI is InChI=1S/C3H4F4O/c4-2-8-1-3(5,6)7/h1-2H2. The molecule has 1 nitrogen and oxygen atoms in total. The van der Waals surface area contributed by atoms with Crippen LogP contribution in [0.1, 0.15) is 0 Å². The van der Waals surface area contributed by atoms with Gasteiger partial charge < -0.3 is 4.74 Å². The molecular weight excluding hydrogens is 128 g/mol. The van der Waals surface area contributed by atoms with Gasteiger partial charge in [-0.3, -0.25) is 0 Å². The molecule has 0 aliphatic rings. The molecule has 0 amide bonds. The smallest absolute Gasteiger partial charge is 0.341 e. The van der Waals surface area contributed by atoms with Crippen LogP contribution in [-0.2, 0) is 4.74 Å². The summed E-state index contributed by atoms with van der Waals surface area (Å²) in [6, 6.07) is 0. The molecule has 0 radical (unpaired) electrons. The summed E-state index contributed by atoms with van der Waals surface area (Å²) < 4.78 is 47.1. The van der Waals surface area contributed by atoms with Crippen molar-refractivity contribution in [3.8, 4) is 0 Å². The third-order valence-corrected chi connectivity index (χ3v) is 0.343. The van der Waals surface area contributed by atoms with E-state index in [0.29, 0.717) is 0 Å². The first-order valence-electron chi connectivity index (χ1n) is 1.77. The average Bonchev–Trinajstić information content (AvgIpc) is 1.59. The summed E-state index contributed by atoms with van der Waals surface area (Å²) in [4.78, 5) is 0. The van der Waals surface area contributed by atoms with Gasteiger partial charge in [-0.1, -0.05) is 0 Å². The Bertz CT molecular complexity index is 58.8. The minimum atomic E-state index is -4.41. The average molecular weight is 132 g/mol. The van der Waals surface area contributed by atoms with Crippen LogP contribution in [0.4, 0.5) is 17.6 Å². The molecule has 0 aromatic rings. The second-order valence-electron chi connectivity index (χ2n) is 1.07. The van der Waals surface area contributed by atoms with Crippen molar-refractivity contribution < 1.29 is 22.3 Å².